The topological polar surface area (TPSA) is 44.1 Å². The van der Waals surface area contributed by atoms with Gasteiger partial charge < -0.3 is 4.90 Å². The Morgan fingerprint density at radius 1 is 1.20 bits per heavy atom. The van der Waals surface area contributed by atoms with Gasteiger partial charge in [0.2, 0.25) is 5.91 Å². The molecule has 3 atom stereocenters. The molecule has 0 aromatic carbocycles. The van der Waals surface area contributed by atoms with E-state index in [1.807, 2.05) is 6.92 Å². The Bertz CT molecular complexity index is 474. The largest absolute Gasteiger partial charge is 0.330 e. The molecule has 4 bridgehead atoms. The summed E-state index contributed by atoms with van der Waals surface area (Å²) < 4.78 is 0. The molecule has 4 aliphatic carbocycles. The number of amides is 1. The monoisotopic (exact) mass is 274 g/mol. The molecule has 0 saturated heterocycles. The highest BCUT2D eigenvalue weighted by atomic mass is 16.2. The van der Waals surface area contributed by atoms with Crippen molar-refractivity contribution >= 4 is 5.91 Å². The van der Waals surface area contributed by atoms with E-state index in [0.29, 0.717) is 10.8 Å². The van der Waals surface area contributed by atoms with Crippen LogP contribution in [0.3, 0.4) is 0 Å². The lowest BCUT2D eigenvalue weighted by Gasteiger charge is -2.65. The Labute approximate surface area is 122 Å². The van der Waals surface area contributed by atoms with E-state index in [4.69, 9.17) is 5.26 Å². The van der Waals surface area contributed by atoms with Crippen LogP contribution in [0.1, 0.15) is 59.3 Å². The van der Waals surface area contributed by atoms with Crippen LogP contribution in [0.5, 0.6) is 0 Å². The predicted molar refractivity (Wildman–Crippen MR) is 77.7 cm³/mol. The normalized spacial score (nSPS) is 46.9. The second kappa shape index (κ2) is 4.00. The van der Waals surface area contributed by atoms with Gasteiger partial charge in [0, 0.05) is 7.05 Å². The third kappa shape index (κ3) is 1.88. The van der Waals surface area contributed by atoms with Crippen molar-refractivity contribution in [3.63, 3.8) is 0 Å². The van der Waals surface area contributed by atoms with E-state index in [1.54, 1.807) is 11.9 Å². The van der Waals surface area contributed by atoms with Crippen molar-refractivity contribution in [2.24, 2.45) is 22.2 Å². The highest BCUT2D eigenvalue weighted by Gasteiger charge is 2.63. The third-order valence-electron chi connectivity index (χ3n) is 6.17. The number of carbonyl (C=O) groups is 1. The van der Waals surface area contributed by atoms with E-state index in [-0.39, 0.29) is 17.4 Å². The van der Waals surface area contributed by atoms with Gasteiger partial charge in [0.15, 0.2) is 0 Å². The Hall–Kier alpha value is -1.04. The molecule has 0 heterocycles. The van der Waals surface area contributed by atoms with Gasteiger partial charge in [-0.1, -0.05) is 13.8 Å². The maximum absolute atomic E-state index is 13.1. The van der Waals surface area contributed by atoms with E-state index in [2.05, 4.69) is 19.9 Å². The van der Waals surface area contributed by atoms with E-state index in [0.717, 1.165) is 25.2 Å². The van der Waals surface area contributed by atoms with Gasteiger partial charge in [-0.05, 0) is 62.2 Å². The van der Waals surface area contributed by atoms with E-state index < -0.39 is 0 Å². The van der Waals surface area contributed by atoms with Crippen LogP contribution in [0.15, 0.2) is 0 Å². The van der Waals surface area contributed by atoms with Crippen LogP contribution in [0.25, 0.3) is 0 Å². The molecular formula is C17H26N2O. The molecule has 3 nitrogen and oxygen atoms in total. The molecule has 0 aliphatic heterocycles. The second-order valence-corrected chi connectivity index (χ2v) is 8.63. The molecule has 4 rings (SSSR count). The van der Waals surface area contributed by atoms with Gasteiger partial charge in [-0.25, -0.2) is 0 Å². The summed E-state index contributed by atoms with van der Waals surface area (Å²) in [5, 5.41) is 9.09. The molecule has 3 unspecified atom stereocenters. The molecule has 0 aromatic heterocycles. The van der Waals surface area contributed by atoms with Crippen molar-refractivity contribution in [1.29, 1.82) is 5.26 Å². The molecule has 4 aliphatic rings. The summed E-state index contributed by atoms with van der Waals surface area (Å²) in [6, 6.07) is 1.88. The minimum absolute atomic E-state index is 0.178. The fourth-order valence-electron chi connectivity index (χ4n) is 6.32. The molecule has 110 valence electrons. The zero-order valence-electron chi connectivity index (χ0n) is 13.2. The van der Waals surface area contributed by atoms with Crippen LogP contribution in [0.4, 0.5) is 0 Å². The lowest BCUT2D eigenvalue weighted by molar-refractivity contribution is -0.179. The Balaban J connectivity index is 1.93. The molecule has 20 heavy (non-hydrogen) atoms. The van der Waals surface area contributed by atoms with Crippen molar-refractivity contribution in [3.8, 4) is 6.07 Å². The summed E-state index contributed by atoms with van der Waals surface area (Å²) in [4.78, 5) is 14.8. The SMILES string of the molecule is CC(C#N)N(C)C(=O)C12CC3CC(C)(CC(C)(C3)C1)C2. The summed E-state index contributed by atoms with van der Waals surface area (Å²) in [5.74, 6) is 0.948. The summed E-state index contributed by atoms with van der Waals surface area (Å²) in [6.45, 7) is 6.58. The standard InChI is InChI=1S/C17H26N2O/c1-12(8-18)19(4)14(20)17-7-13-5-15(2,10-17)9-16(3,6-13)11-17/h12-13H,5-7,9-11H2,1-4H3. The van der Waals surface area contributed by atoms with Gasteiger partial charge in [-0.2, -0.15) is 5.26 Å². The lowest BCUT2D eigenvalue weighted by atomic mass is 9.40. The minimum Gasteiger partial charge on any atom is -0.330 e. The number of nitriles is 1. The first-order chi connectivity index (χ1) is 9.21. The van der Waals surface area contributed by atoms with E-state index >= 15 is 0 Å². The van der Waals surface area contributed by atoms with Crippen LogP contribution < -0.4 is 0 Å². The predicted octanol–water partition coefficient (Wildman–Crippen LogP) is 3.35. The van der Waals surface area contributed by atoms with Gasteiger partial charge >= 0.3 is 0 Å². The molecule has 0 N–H and O–H groups in total. The number of carbonyl (C=O) groups excluding carboxylic acids is 1. The highest BCUT2D eigenvalue weighted by molar-refractivity contribution is 5.84. The average molecular weight is 274 g/mol. The number of rotatable bonds is 2. The highest BCUT2D eigenvalue weighted by Crippen LogP contribution is 2.69. The van der Waals surface area contributed by atoms with Crippen molar-refractivity contribution < 1.29 is 4.79 Å². The van der Waals surface area contributed by atoms with E-state index in [9.17, 15) is 4.79 Å². The first-order valence-corrected chi connectivity index (χ1v) is 7.88. The smallest absolute Gasteiger partial charge is 0.229 e. The number of hydrogen-bond acceptors (Lipinski definition) is 2. The van der Waals surface area contributed by atoms with Gasteiger partial charge in [-0.15, -0.1) is 0 Å². The molecule has 4 saturated carbocycles. The zero-order valence-corrected chi connectivity index (χ0v) is 13.2. The van der Waals surface area contributed by atoms with Gasteiger partial charge in [0.25, 0.3) is 0 Å². The second-order valence-electron chi connectivity index (χ2n) is 8.63. The van der Waals surface area contributed by atoms with Crippen LogP contribution in [-0.2, 0) is 4.79 Å². The summed E-state index contributed by atoms with van der Waals surface area (Å²) in [7, 11) is 1.81. The number of nitrogens with zero attached hydrogens (tertiary/aromatic N) is 2. The van der Waals surface area contributed by atoms with Gasteiger partial charge in [0.1, 0.15) is 6.04 Å². The van der Waals surface area contributed by atoms with Crippen molar-refractivity contribution in [2.45, 2.75) is 65.3 Å². The fraction of sp³-hybridized carbons (Fsp3) is 0.882. The van der Waals surface area contributed by atoms with Crippen molar-refractivity contribution in [1.82, 2.24) is 4.90 Å². The maximum Gasteiger partial charge on any atom is 0.229 e. The van der Waals surface area contributed by atoms with Gasteiger partial charge in [-0.3, -0.25) is 4.79 Å². The third-order valence-corrected chi connectivity index (χ3v) is 6.17. The van der Waals surface area contributed by atoms with Crippen LogP contribution in [0, 0.1) is 33.5 Å². The molecule has 0 spiro atoms. The summed E-state index contributed by atoms with van der Waals surface area (Å²) in [5.41, 5.74) is 0.518. The van der Waals surface area contributed by atoms with Crippen molar-refractivity contribution in [3.05, 3.63) is 0 Å². The summed E-state index contributed by atoms with van der Waals surface area (Å²) >= 11 is 0. The summed E-state index contributed by atoms with van der Waals surface area (Å²) in [6.07, 6.45) is 7.01. The Morgan fingerprint density at radius 2 is 1.75 bits per heavy atom. The molecular weight excluding hydrogens is 248 g/mol. The first kappa shape index (κ1) is 13.9. The fourth-order valence-corrected chi connectivity index (χ4v) is 6.32. The van der Waals surface area contributed by atoms with Crippen molar-refractivity contribution in [2.75, 3.05) is 7.05 Å². The van der Waals surface area contributed by atoms with Gasteiger partial charge in [0.05, 0.1) is 11.5 Å². The van der Waals surface area contributed by atoms with E-state index in [1.165, 1.54) is 19.3 Å². The molecule has 1 amide bonds. The quantitative estimate of drug-likeness (QED) is 0.775. The van der Waals surface area contributed by atoms with Crippen LogP contribution in [-0.4, -0.2) is 23.9 Å². The molecule has 4 fully saturated rings. The molecule has 0 radical (unpaired) electrons. The zero-order chi connectivity index (χ0) is 14.8. The van der Waals surface area contributed by atoms with Crippen LogP contribution >= 0.6 is 0 Å². The van der Waals surface area contributed by atoms with Crippen LogP contribution in [0.2, 0.25) is 0 Å². The molecule has 0 aromatic rings. The first-order valence-electron chi connectivity index (χ1n) is 7.88. The average Bonchev–Trinajstić information content (AvgIpc) is 2.31. The minimum atomic E-state index is -0.323. The lowest BCUT2D eigenvalue weighted by Crippen LogP contribution is -2.60. The number of hydrogen-bond donors (Lipinski definition) is 0. The Kier molecular flexibility index (Phi) is 2.78. The molecule has 3 heteroatoms. The Morgan fingerprint density at radius 3 is 2.20 bits per heavy atom. The maximum atomic E-state index is 13.1.